The minimum Gasteiger partial charge on any atom is -0.368 e. The molecule has 0 radical (unpaired) electrons. The summed E-state index contributed by atoms with van der Waals surface area (Å²) in [6, 6.07) is 11.6. The molecule has 1 aromatic heterocycles. The molecular weight excluding hydrogens is 324 g/mol. The predicted octanol–water partition coefficient (Wildman–Crippen LogP) is 3.00. The van der Waals surface area contributed by atoms with E-state index in [4.69, 9.17) is 5.73 Å². The van der Waals surface area contributed by atoms with E-state index in [1.165, 1.54) is 4.88 Å². The van der Waals surface area contributed by atoms with Crippen LogP contribution in [0.4, 0.5) is 0 Å². The Balaban J connectivity index is 2.28. The van der Waals surface area contributed by atoms with E-state index in [-0.39, 0.29) is 0 Å². The highest BCUT2D eigenvalue weighted by Crippen LogP contribution is 2.28. The van der Waals surface area contributed by atoms with Gasteiger partial charge in [-0.05, 0) is 30.0 Å². The first-order chi connectivity index (χ1) is 9.04. The highest BCUT2D eigenvalue weighted by Gasteiger charge is 2.34. The molecular formula is C14H15BrN2OS. The van der Waals surface area contributed by atoms with Crippen LogP contribution >= 0.6 is 27.3 Å². The molecule has 1 atom stereocenters. The number of primary amides is 1. The van der Waals surface area contributed by atoms with Crippen molar-refractivity contribution in [2.75, 3.05) is 0 Å². The highest BCUT2D eigenvalue weighted by atomic mass is 79.9. The minimum absolute atomic E-state index is 0.393. The average molecular weight is 339 g/mol. The first-order valence-electron chi connectivity index (χ1n) is 5.86. The first-order valence-corrected chi connectivity index (χ1v) is 7.53. The van der Waals surface area contributed by atoms with Gasteiger partial charge in [0.15, 0.2) is 0 Å². The normalized spacial score (nSPS) is 14.0. The Kier molecular flexibility index (Phi) is 4.39. The molecule has 1 aromatic carbocycles. The van der Waals surface area contributed by atoms with Gasteiger partial charge < -0.3 is 5.73 Å². The molecule has 0 aliphatic carbocycles. The van der Waals surface area contributed by atoms with E-state index >= 15 is 0 Å². The molecule has 0 saturated carbocycles. The molecule has 0 fully saturated rings. The second-order valence-corrected chi connectivity index (χ2v) is 6.29. The van der Waals surface area contributed by atoms with Gasteiger partial charge in [-0.2, -0.15) is 0 Å². The second-order valence-electron chi connectivity index (χ2n) is 4.40. The van der Waals surface area contributed by atoms with Crippen LogP contribution in [0.25, 0.3) is 0 Å². The molecule has 0 aliphatic rings. The number of rotatable bonds is 5. The third kappa shape index (κ3) is 3.05. The van der Waals surface area contributed by atoms with Crippen molar-refractivity contribution in [3.63, 3.8) is 0 Å². The van der Waals surface area contributed by atoms with Crippen molar-refractivity contribution in [2.45, 2.75) is 19.0 Å². The fraction of sp³-hybridized carbons (Fsp3) is 0.214. The van der Waals surface area contributed by atoms with Crippen molar-refractivity contribution in [1.29, 1.82) is 0 Å². The van der Waals surface area contributed by atoms with E-state index in [2.05, 4.69) is 21.2 Å². The first kappa shape index (κ1) is 14.2. The molecule has 1 unspecified atom stereocenters. The number of carbonyl (C=O) groups excluding carboxylic acids is 1. The van der Waals surface area contributed by atoms with Crippen LogP contribution in [0.15, 0.2) is 46.3 Å². The van der Waals surface area contributed by atoms with Crippen molar-refractivity contribution >= 4 is 33.2 Å². The number of amides is 1. The third-order valence-electron chi connectivity index (χ3n) is 3.10. The summed E-state index contributed by atoms with van der Waals surface area (Å²) in [7, 11) is 0. The van der Waals surface area contributed by atoms with Crippen molar-refractivity contribution in [2.24, 2.45) is 5.73 Å². The quantitative estimate of drug-likeness (QED) is 0.880. The van der Waals surface area contributed by atoms with Crippen LogP contribution in [0.5, 0.6) is 0 Å². The summed E-state index contributed by atoms with van der Waals surface area (Å²) in [5.74, 6) is -0.393. The van der Waals surface area contributed by atoms with Gasteiger partial charge in [0.1, 0.15) is 5.54 Å². The number of carbonyl (C=O) groups is 1. The number of nitrogens with two attached hydrogens (primary N) is 1. The van der Waals surface area contributed by atoms with E-state index in [0.717, 1.165) is 10.0 Å². The Morgan fingerprint density at radius 2 is 2.11 bits per heavy atom. The Labute approximate surface area is 125 Å². The SMILES string of the molecule is CC(NCc1cccs1)(C(N)=O)c1ccccc1Br. The molecule has 2 aromatic rings. The van der Waals surface area contributed by atoms with Gasteiger partial charge in [0, 0.05) is 15.9 Å². The van der Waals surface area contributed by atoms with Crippen LogP contribution in [-0.4, -0.2) is 5.91 Å². The van der Waals surface area contributed by atoms with Gasteiger partial charge in [-0.1, -0.05) is 40.2 Å². The molecule has 0 aliphatic heterocycles. The topological polar surface area (TPSA) is 55.1 Å². The van der Waals surface area contributed by atoms with Gasteiger partial charge in [-0.15, -0.1) is 11.3 Å². The number of hydrogen-bond acceptors (Lipinski definition) is 3. The average Bonchev–Trinajstić information content (AvgIpc) is 2.89. The Hall–Kier alpha value is -1.17. The lowest BCUT2D eigenvalue weighted by molar-refractivity contribution is -0.124. The zero-order valence-electron chi connectivity index (χ0n) is 10.5. The molecule has 3 nitrogen and oxygen atoms in total. The van der Waals surface area contributed by atoms with Gasteiger partial charge in [-0.25, -0.2) is 0 Å². The summed E-state index contributed by atoms with van der Waals surface area (Å²) >= 11 is 5.12. The summed E-state index contributed by atoms with van der Waals surface area (Å²) in [5.41, 5.74) is 5.54. The Morgan fingerprint density at radius 1 is 1.37 bits per heavy atom. The smallest absolute Gasteiger partial charge is 0.242 e. The maximum atomic E-state index is 11.9. The van der Waals surface area contributed by atoms with E-state index in [1.807, 2.05) is 48.7 Å². The van der Waals surface area contributed by atoms with E-state index in [1.54, 1.807) is 11.3 Å². The largest absolute Gasteiger partial charge is 0.368 e. The zero-order valence-corrected chi connectivity index (χ0v) is 12.9. The lowest BCUT2D eigenvalue weighted by atomic mass is 9.91. The summed E-state index contributed by atoms with van der Waals surface area (Å²) in [4.78, 5) is 13.0. The van der Waals surface area contributed by atoms with Crippen LogP contribution < -0.4 is 11.1 Å². The van der Waals surface area contributed by atoms with Crippen LogP contribution in [0.1, 0.15) is 17.4 Å². The maximum absolute atomic E-state index is 11.9. The van der Waals surface area contributed by atoms with Crippen molar-refractivity contribution in [3.05, 3.63) is 56.7 Å². The fourth-order valence-electron chi connectivity index (χ4n) is 1.86. The molecule has 1 amide bonds. The second kappa shape index (κ2) is 5.86. The van der Waals surface area contributed by atoms with Gasteiger partial charge in [-0.3, -0.25) is 10.1 Å². The van der Waals surface area contributed by atoms with Crippen molar-refractivity contribution in [1.82, 2.24) is 5.32 Å². The monoisotopic (exact) mass is 338 g/mol. The molecule has 0 saturated heterocycles. The van der Waals surface area contributed by atoms with Gasteiger partial charge in [0.2, 0.25) is 5.91 Å². The molecule has 2 rings (SSSR count). The van der Waals surface area contributed by atoms with Crippen LogP contribution in [-0.2, 0) is 16.9 Å². The molecule has 0 spiro atoms. The number of halogens is 1. The number of nitrogens with one attached hydrogen (secondary N) is 1. The Morgan fingerprint density at radius 3 is 2.68 bits per heavy atom. The number of hydrogen-bond donors (Lipinski definition) is 2. The maximum Gasteiger partial charge on any atom is 0.242 e. The molecule has 3 N–H and O–H groups in total. The number of thiophene rings is 1. The highest BCUT2D eigenvalue weighted by molar-refractivity contribution is 9.10. The zero-order chi connectivity index (χ0) is 13.9. The van der Waals surface area contributed by atoms with E-state index in [9.17, 15) is 4.79 Å². The number of benzene rings is 1. The van der Waals surface area contributed by atoms with Gasteiger partial charge in [0.25, 0.3) is 0 Å². The lowest BCUT2D eigenvalue weighted by Crippen LogP contribution is -2.50. The van der Waals surface area contributed by atoms with Crippen LogP contribution in [0.2, 0.25) is 0 Å². The molecule has 19 heavy (non-hydrogen) atoms. The summed E-state index contributed by atoms with van der Waals surface area (Å²) in [5, 5.41) is 5.27. The van der Waals surface area contributed by atoms with Crippen molar-refractivity contribution < 1.29 is 4.79 Å². The fourth-order valence-corrected chi connectivity index (χ4v) is 3.18. The summed E-state index contributed by atoms with van der Waals surface area (Å²) < 4.78 is 0.870. The molecule has 100 valence electrons. The lowest BCUT2D eigenvalue weighted by Gasteiger charge is -2.29. The van der Waals surface area contributed by atoms with E-state index < -0.39 is 11.4 Å². The van der Waals surface area contributed by atoms with Crippen molar-refractivity contribution in [3.8, 4) is 0 Å². The molecule has 0 bridgehead atoms. The van der Waals surface area contributed by atoms with Gasteiger partial charge in [0.05, 0.1) is 0 Å². The van der Waals surface area contributed by atoms with Crippen LogP contribution in [0.3, 0.4) is 0 Å². The standard InChI is InChI=1S/C14H15BrN2OS/c1-14(13(16)18,11-6-2-3-7-12(11)15)17-9-10-5-4-8-19-10/h2-8,17H,9H2,1H3,(H2,16,18). The molecule has 5 heteroatoms. The predicted molar refractivity (Wildman–Crippen MR) is 81.8 cm³/mol. The van der Waals surface area contributed by atoms with E-state index in [0.29, 0.717) is 6.54 Å². The van der Waals surface area contributed by atoms with Crippen LogP contribution in [0, 0.1) is 0 Å². The molecule has 1 heterocycles. The third-order valence-corrected chi connectivity index (χ3v) is 4.67. The van der Waals surface area contributed by atoms with Gasteiger partial charge >= 0.3 is 0 Å². The summed E-state index contributed by atoms with van der Waals surface area (Å²) in [6.07, 6.45) is 0. The summed E-state index contributed by atoms with van der Waals surface area (Å²) in [6.45, 7) is 2.42. The minimum atomic E-state index is -0.899. The Bertz CT molecular complexity index is 571.